The number of carbonyl (C=O) groups excluding carboxylic acids is 1. The number of benzene rings is 1. The third kappa shape index (κ3) is 5.17. The lowest BCUT2D eigenvalue weighted by Crippen LogP contribution is -2.49. The van der Waals surface area contributed by atoms with E-state index in [4.69, 9.17) is 11.6 Å². The summed E-state index contributed by atoms with van der Waals surface area (Å²) in [5, 5.41) is 3.14. The van der Waals surface area contributed by atoms with Gasteiger partial charge in [0.2, 0.25) is 15.9 Å². The minimum atomic E-state index is -3.68. The van der Waals surface area contributed by atoms with Gasteiger partial charge in [-0.2, -0.15) is 0 Å². The van der Waals surface area contributed by atoms with Gasteiger partial charge >= 0.3 is 0 Å². The Balaban J connectivity index is 2.25. The highest BCUT2D eigenvalue weighted by molar-refractivity contribution is 7.92. The Hall–Kier alpha value is -2.12. The van der Waals surface area contributed by atoms with Gasteiger partial charge in [-0.1, -0.05) is 30.7 Å². The smallest absolute Gasteiger partial charge is 0.244 e. The molecule has 0 aliphatic heterocycles. The molecule has 0 radical (unpaired) electrons. The molecule has 0 fully saturated rings. The summed E-state index contributed by atoms with van der Waals surface area (Å²) in [6.07, 6.45) is 3.02. The van der Waals surface area contributed by atoms with Gasteiger partial charge in [0.1, 0.15) is 6.04 Å². The van der Waals surface area contributed by atoms with E-state index in [1.165, 1.54) is 6.07 Å². The van der Waals surface area contributed by atoms with Crippen LogP contribution in [0.25, 0.3) is 0 Å². The topological polar surface area (TPSA) is 79.4 Å². The standard InChI is InChI=1S/C17H20ClN3O3S/c1-3-16(17(22)20-12-14-8-4-5-10-19-14)21(25(2,23)24)15-9-6-7-13(18)11-15/h4-11,16H,3,12H2,1-2H3,(H,20,22)/t16-/m0/s1. The third-order valence-electron chi connectivity index (χ3n) is 3.56. The molecule has 6 nitrogen and oxygen atoms in total. The molecule has 2 rings (SSSR count). The normalized spacial score (nSPS) is 12.4. The van der Waals surface area contributed by atoms with Crippen molar-refractivity contribution >= 4 is 33.2 Å². The number of sulfonamides is 1. The molecular weight excluding hydrogens is 362 g/mol. The Bertz CT molecular complexity index is 828. The fourth-order valence-corrected chi connectivity index (χ4v) is 3.86. The van der Waals surface area contributed by atoms with Gasteiger partial charge in [0.25, 0.3) is 0 Å². The molecule has 0 spiro atoms. The molecule has 1 aromatic heterocycles. The Kier molecular flexibility index (Phi) is 6.39. The zero-order valence-corrected chi connectivity index (χ0v) is 15.6. The van der Waals surface area contributed by atoms with Crippen molar-refractivity contribution in [1.29, 1.82) is 0 Å². The fourth-order valence-electron chi connectivity index (χ4n) is 2.47. The average Bonchev–Trinajstić information content (AvgIpc) is 2.57. The maximum Gasteiger partial charge on any atom is 0.244 e. The van der Waals surface area contributed by atoms with Crippen LogP contribution in [0.2, 0.25) is 5.02 Å². The minimum Gasteiger partial charge on any atom is -0.349 e. The monoisotopic (exact) mass is 381 g/mol. The predicted octanol–water partition coefficient (Wildman–Crippen LogP) is 2.60. The molecule has 0 bridgehead atoms. The molecule has 0 aliphatic rings. The maximum absolute atomic E-state index is 12.6. The van der Waals surface area contributed by atoms with Gasteiger partial charge in [-0.25, -0.2) is 8.42 Å². The fraction of sp³-hybridized carbons (Fsp3) is 0.294. The number of halogens is 1. The Morgan fingerprint density at radius 1 is 1.28 bits per heavy atom. The minimum absolute atomic E-state index is 0.226. The first-order valence-electron chi connectivity index (χ1n) is 7.75. The van der Waals surface area contributed by atoms with Gasteiger partial charge in [0.05, 0.1) is 24.2 Å². The van der Waals surface area contributed by atoms with Gasteiger partial charge in [0, 0.05) is 11.2 Å². The number of hydrogen-bond acceptors (Lipinski definition) is 4. The molecular formula is C17H20ClN3O3S. The second-order valence-corrected chi connectivity index (χ2v) is 7.80. The van der Waals surface area contributed by atoms with Crippen molar-refractivity contribution < 1.29 is 13.2 Å². The molecule has 1 aromatic carbocycles. The van der Waals surface area contributed by atoms with Crippen LogP contribution < -0.4 is 9.62 Å². The molecule has 1 N–H and O–H groups in total. The van der Waals surface area contributed by atoms with Crippen molar-refractivity contribution in [2.24, 2.45) is 0 Å². The summed E-state index contributed by atoms with van der Waals surface area (Å²) in [4.78, 5) is 16.8. The number of amides is 1. The van der Waals surface area contributed by atoms with E-state index in [9.17, 15) is 13.2 Å². The maximum atomic E-state index is 12.6. The van der Waals surface area contributed by atoms with Crippen molar-refractivity contribution in [3.05, 3.63) is 59.4 Å². The third-order valence-corrected chi connectivity index (χ3v) is 4.98. The Morgan fingerprint density at radius 2 is 2.04 bits per heavy atom. The van der Waals surface area contributed by atoms with Crippen molar-refractivity contribution in [3.63, 3.8) is 0 Å². The van der Waals surface area contributed by atoms with E-state index in [0.29, 0.717) is 22.8 Å². The van der Waals surface area contributed by atoms with Crippen LogP contribution in [-0.2, 0) is 21.4 Å². The molecule has 1 atom stereocenters. The number of nitrogens with zero attached hydrogens (tertiary/aromatic N) is 2. The second-order valence-electron chi connectivity index (χ2n) is 5.50. The van der Waals surface area contributed by atoms with E-state index in [1.54, 1.807) is 43.5 Å². The van der Waals surface area contributed by atoms with Gasteiger partial charge in [-0.3, -0.25) is 14.1 Å². The van der Waals surface area contributed by atoms with Crippen LogP contribution >= 0.6 is 11.6 Å². The number of rotatable bonds is 7. The highest BCUT2D eigenvalue weighted by atomic mass is 35.5. The van der Waals surface area contributed by atoms with E-state index >= 15 is 0 Å². The van der Waals surface area contributed by atoms with Crippen LogP contribution in [0.15, 0.2) is 48.7 Å². The lowest BCUT2D eigenvalue weighted by molar-refractivity contribution is -0.122. The summed E-state index contributed by atoms with van der Waals surface area (Å²) in [6.45, 7) is 1.98. The lowest BCUT2D eigenvalue weighted by atomic mass is 10.2. The van der Waals surface area contributed by atoms with Crippen LogP contribution in [0.3, 0.4) is 0 Å². The van der Waals surface area contributed by atoms with E-state index in [2.05, 4.69) is 10.3 Å². The largest absolute Gasteiger partial charge is 0.349 e. The van der Waals surface area contributed by atoms with Crippen LogP contribution in [-0.4, -0.2) is 31.6 Å². The highest BCUT2D eigenvalue weighted by Gasteiger charge is 2.31. The number of carbonyl (C=O) groups is 1. The summed E-state index contributed by atoms with van der Waals surface area (Å²) in [7, 11) is -3.68. The molecule has 2 aromatic rings. The number of nitrogens with one attached hydrogen (secondary N) is 1. The van der Waals surface area contributed by atoms with Crippen molar-refractivity contribution in [3.8, 4) is 0 Å². The predicted molar refractivity (Wildman–Crippen MR) is 98.9 cm³/mol. The van der Waals surface area contributed by atoms with Crippen LogP contribution in [0.1, 0.15) is 19.0 Å². The first kappa shape index (κ1) is 19.2. The zero-order chi connectivity index (χ0) is 18.4. The molecule has 1 heterocycles. The van der Waals surface area contributed by atoms with Crippen molar-refractivity contribution in [1.82, 2.24) is 10.3 Å². The van der Waals surface area contributed by atoms with Crippen LogP contribution in [0.4, 0.5) is 5.69 Å². The molecule has 0 aliphatic carbocycles. The Morgan fingerprint density at radius 3 is 2.60 bits per heavy atom. The highest BCUT2D eigenvalue weighted by Crippen LogP contribution is 2.25. The average molecular weight is 382 g/mol. The van der Waals surface area contributed by atoms with Gasteiger partial charge in [-0.05, 0) is 36.8 Å². The van der Waals surface area contributed by atoms with Crippen molar-refractivity contribution in [2.45, 2.75) is 25.9 Å². The quantitative estimate of drug-likeness (QED) is 0.799. The number of anilines is 1. The van der Waals surface area contributed by atoms with E-state index in [-0.39, 0.29) is 6.54 Å². The van der Waals surface area contributed by atoms with Gasteiger partial charge in [0.15, 0.2) is 0 Å². The summed E-state index contributed by atoms with van der Waals surface area (Å²) in [5.74, 6) is -0.390. The zero-order valence-electron chi connectivity index (χ0n) is 14.0. The van der Waals surface area contributed by atoms with Gasteiger partial charge < -0.3 is 5.32 Å². The molecule has 0 saturated carbocycles. The molecule has 0 unspecified atom stereocenters. The number of aromatic nitrogens is 1. The van der Waals surface area contributed by atoms with Crippen LogP contribution in [0, 0.1) is 0 Å². The SMILES string of the molecule is CC[C@@H](C(=O)NCc1ccccn1)N(c1cccc(Cl)c1)S(C)(=O)=O. The molecule has 25 heavy (non-hydrogen) atoms. The first-order chi connectivity index (χ1) is 11.8. The molecule has 134 valence electrons. The summed E-state index contributed by atoms with van der Waals surface area (Å²) >= 11 is 5.98. The van der Waals surface area contributed by atoms with Crippen molar-refractivity contribution in [2.75, 3.05) is 10.6 Å². The van der Waals surface area contributed by atoms with E-state index in [1.807, 2.05) is 6.07 Å². The first-order valence-corrected chi connectivity index (χ1v) is 9.98. The van der Waals surface area contributed by atoms with Gasteiger partial charge in [-0.15, -0.1) is 0 Å². The molecule has 8 heteroatoms. The summed E-state index contributed by atoms with van der Waals surface area (Å²) in [6, 6.07) is 10.9. The summed E-state index contributed by atoms with van der Waals surface area (Å²) in [5.41, 5.74) is 1.05. The number of hydrogen-bond donors (Lipinski definition) is 1. The summed E-state index contributed by atoms with van der Waals surface area (Å²) < 4.78 is 25.7. The Labute approximate surface area is 152 Å². The lowest BCUT2D eigenvalue weighted by Gasteiger charge is -2.30. The molecule has 1 amide bonds. The van der Waals surface area contributed by atoms with Crippen LogP contribution in [0.5, 0.6) is 0 Å². The van der Waals surface area contributed by atoms with E-state index in [0.717, 1.165) is 10.6 Å². The second kappa shape index (κ2) is 8.31. The van der Waals surface area contributed by atoms with E-state index < -0.39 is 22.0 Å². The molecule has 0 saturated heterocycles. The number of pyridine rings is 1.